The fraction of sp³-hybridized carbons (Fsp3) is 0.154. The summed E-state index contributed by atoms with van der Waals surface area (Å²) < 4.78 is 1.36. The molecule has 0 fully saturated rings. The van der Waals surface area contributed by atoms with E-state index in [0.717, 1.165) is 0 Å². The lowest BCUT2D eigenvalue weighted by Crippen LogP contribution is -2.36. The van der Waals surface area contributed by atoms with E-state index in [0.29, 0.717) is 28.3 Å². The summed E-state index contributed by atoms with van der Waals surface area (Å²) in [4.78, 5) is 38.0. The summed E-state index contributed by atoms with van der Waals surface area (Å²) in [6.07, 6.45) is 0. The topological polar surface area (TPSA) is 110 Å². The van der Waals surface area contributed by atoms with Crippen molar-refractivity contribution in [1.82, 2.24) is 19.7 Å². The SMILES string of the molecule is CCn1c(=O)c(=O)[nH]c2cc(C(=O)Nc3nncs3)ccc21. The zero-order valence-electron chi connectivity index (χ0n) is 11.5. The Morgan fingerprint density at radius 2 is 2.23 bits per heavy atom. The first-order valence-electron chi connectivity index (χ1n) is 6.44. The second-order valence-electron chi connectivity index (χ2n) is 4.43. The Kier molecular flexibility index (Phi) is 3.55. The van der Waals surface area contributed by atoms with Gasteiger partial charge >= 0.3 is 11.1 Å². The Bertz CT molecular complexity index is 958. The minimum Gasteiger partial charge on any atom is -0.316 e. The second-order valence-corrected chi connectivity index (χ2v) is 5.27. The van der Waals surface area contributed by atoms with Crippen molar-refractivity contribution in [2.45, 2.75) is 13.5 Å². The normalized spacial score (nSPS) is 10.8. The number of carbonyl (C=O) groups is 1. The van der Waals surface area contributed by atoms with Gasteiger partial charge in [-0.25, -0.2) is 0 Å². The van der Waals surface area contributed by atoms with Gasteiger partial charge < -0.3 is 9.55 Å². The lowest BCUT2D eigenvalue weighted by atomic mass is 10.2. The van der Waals surface area contributed by atoms with E-state index in [2.05, 4.69) is 20.5 Å². The van der Waals surface area contributed by atoms with Crippen LogP contribution in [0.3, 0.4) is 0 Å². The van der Waals surface area contributed by atoms with E-state index in [9.17, 15) is 14.4 Å². The van der Waals surface area contributed by atoms with Gasteiger partial charge in [0.05, 0.1) is 11.0 Å². The van der Waals surface area contributed by atoms with Crippen LogP contribution in [0.5, 0.6) is 0 Å². The van der Waals surface area contributed by atoms with Gasteiger partial charge in [0.2, 0.25) is 5.13 Å². The van der Waals surface area contributed by atoms with E-state index in [1.165, 1.54) is 27.5 Å². The van der Waals surface area contributed by atoms with Gasteiger partial charge in [-0.3, -0.25) is 19.7 Å². The van der Waals surface area contributed by atoms with Crippen LogP contribution in [0.25, 0.3) is 11.0 Å². The number of fused-ring (bicyclic) bond motifs is 1. The number of aryl methyl sites for hydroxylation is 1. The van der Waals surface area contributed by atoms with Crippen LogP contribution in [0, 0.1) is 0 Å². The molecule has 2 aromatic heterocycles. The third-order valence-corrected chi connectivity index (χ3v) is 3.74. The van der Waals surface area contributed by atoms with Gasteiger partial charge in [-0.05, 0) is 25.1 Å². The molecule has 0 saturated heterocycles. The molecule has 0 saturated carbocycles. The summed E-state index contributed by atoms with van der Waals surface area (Å²) in [5, 5.41) is 10.4. The van der Waals surface area contributed by atoms with Gasteiger partial charge in [0, 0.05) is 12.1 Å². The Morgan fingerprint density at radius 3 is 2.91 bits per heavy atom. The average molecular weight is 317 g/mol. The van der Waals surface area contributed by atoms with E-state index in [1.807, 2.05) is 0 Å². The minimum atomic E-state index is -0.712. The smallest absolute Gasteiger partial charge is 0.316 e. The Hall–Kier alpha value is -2.81. The Labute approximate surface area is 127 Å². The average Bonchev–Trinajstić information content (AvgIpc) is 3.01. The highest BCUT2D eigenvalue weighted by atomic mass is 32.1. The van der Waals surface area contributed by atoms with Crippen molar-refractivity contribution in [1.29, 1.82) is 0 Å². The molecule has 8 nitrogen and oxygen atoms in total. The quantitative estimate of drug-likeness (QED) is 0.695. The molecule has 0 atom stereocenters. The summed E-state index contributed by atoms with van der Waals surface area (Å²) in [5.41, 5.74) is 1.53. The monoisotopic (exact) mass is 317 g/mol. The lowest BCUT2D eigenvalue weighted by Gasteiger charge is -2.08. The highest BCUT2D eigenvalue weighted by Crippen LogP contribution is 2.14. The number of hydrogen-bond acceptors (Lipinski definition) is 6. The number of nitrogens with zero attached hydrogens (tertiary/aromatic N) is 3. The van der Waals surface area contributed by atoms with Gasteiger partial charge in [-0.2, -0.15) is 0 Å². The van der Waals surface area contributed by atoms with Crippen molar-refractivity contribution in [3.05, 3.63) is 50.0 Å². The van der Waals surface area contributed by atoms with Crippen molar-refractivity contribution >= 4 is 33.4 Å². The largest absolute Gasteiger partial charge is 0.316 e. The molecule has 2 heterocycles. The maximum Gasteiger partial charge on any atom is 0.316 e. The van der Waals surface area contributed by atoms with Gasteiger partial charge in [-0.1, -0.05) is 11.3 Å². The zero-order valence-corrected chi connectivity index (χ0v) is 12.3. The van der Waals surface area contributed by atoms with Crippen LogP contribution in [-0.2, 0) is 6.54 Å². The molecule has 0 aliphatic carbocycles. The van der Waals surface area contributed by atoms with Crippen molar-refractivity contribution in [2.75, 3.05) is 5.32 Å². The van der Waals surface area contributed by atoms with Crippen LogP contribution in [-0.4, -0.2) is 25.7 Å². The van der Waals surface area contributed by atoms with E-state index >= 15 is 0 Å². The number of anilines is 1. The number of aromatic nitrogens is 4. The standard InChI is InChI=1S/C13H11N5O3S/c1-2-18-9-4-3-7(5-8(9)15-11(20)12(18)21)10(19)16-13-17-14-6-22-13/h3-6H,2H2,1H3,(H,15,20)(H,16,17,19). The van der Waals surface area contributed by atoms with Crippen LogP contribution in [0.2, 0.25) is 0 Å². The van der Waals surface area contributed by atoms with Crippen LogP contribution in [0.15, 0.2) is 33.3 Å². The van der Waals surface area contributed by atoms with E-state index in [-0.39, 0.29) is 5.91 Å². The predicted molar refractivity (Wildman–Crippen MR) is 82.4 cm³/mol. The third kappa shape index (κ3) is 2.42. The maximum absolute atomic E-state index is 12.1. The molecule has 9 heteroatoms. The number of aromatic amines is 1. The first-order chi connectivity index (χ1) is 10.6. The predicted octanol–water partition coefficient (Wildman–Crippen LogP) is 0.813. The molecule has 1 aromatic carbocycles. The van der Waals surface area contributed by atoms with Crippen LogP contribution < -0.4 is 16.4 Å². The molecule has 0 unspecified atom stereocenters. The molecule has 112 valence electrons. The highest BCUT2D eigenvalue weighted by molar-refractivity contribution is 7.13. The molecular weight excluding hydrogens is 306 g/mol. The van der Waals surface area contributed by atoms with Crippen LogP contribution in [0.4, 0.5) is 5.13 Å². The number of hydrogen-bond donors (Lipinski definition) is 2. The van der Waals surface area contributed by atoms with Gasteiger partial charge in [0.1, 0.15) is 5.51 Å². The Balaban J connectivity index is 2.07. The zero-order chi connectivity index (χ0) is 15.7. The summed E-state index contributed by atoms with van der Waals surface area (Å²) in [6.45, 7) is 2.14. The third-order valence-electron chi connectivity index (χ3n) is 3.13. The number of benzene rings is 1. The van der Waals surface area contributed by atoms with Crippen molar-refractivity contribution < 1.29 is 4.79 Å². The van der Waals surface area contributed by atoms with Gasteiger partial charge in [-0.15, -0.1) is 10.2 Å². The number of carbonyl (C=O) groups excluding carboxylic acids is 1. The molecule has 1 amide bonds. The summed E-state index contributed by atoms with van der Waals surface area (Å²) in [5.74, 6) is -0.367. The fourth-order valence-corrected chi connectivity index (χ4v) is 2.57. The van der Waals surface area contributed by atoms with Crippen molar-refractivity contribution in [3.63, 3.8) is 0 Å². The first-order valence-corrected chi connectivity index (χ1v) is 7.32. The van der Waals surface area contributed by atoms with Crippen LogP contribution >= 0.6 is 11.3 Å². The number of rotatable bonds is 3. The van der Waals surface area contributed by atoms with Crippen molar-refractivity contribution in [3.8, 4) is 0 Å². The van der Waals surface area contributed by atoms with E-state index in [4.69, 9.17) is 0 Å². The molecule has 22 heavy (non-hydrogen) atoms. The molecular formula is C13H11N5O3S. The van der Waals surface area contributed by atoms with Crippen LogP contribution in [0.1, 0.15) is 17.3 Å². The molecule has 0 radical (unpaired) electrons. The molecule has 0 spiro atoms. The number of H-pyrrole nitrogens is 1. The maximum atomic E-state index is 12.1. The van der Waals surface area contributed by atoms with Crippen molar-refractivity contribution in [2.24, 2.45) is 0 Å². The minimum absolute atomic E-state index is 0.347. The second kappa shape index (κ2) is 5.53. The van der Waals surface area contributed by atoms with Gasteiger partial charge in [0.25, 0.3) is 5.91 Å². The molecule has 2 N–H and O–H groups in total. The van der Waals surface area contributed by atoms with Gasteiger partial charge in [0.15, 0.2) is 0 Å². The molecule has 0 bridgehead atoms. The van der Waals surface area contributed by atoms with E-state index < -0.39 is 11.1 Å². The Morgan fingerprint density at radius 1 is 1.41 bits per heavy atom. The fourth-order valence-electron chi connectivity index (χ4n) is 2.13. The molecule has 3 aromatic rings. The lowest BCUT2D eigenvalue weighted by molar-refractivity contribution is 0.102. The highest BCUT2D eigenvalue weighted by Gasteiger charge is 2.11. The summed E-state index contributed by atoms with van der Waals surface area (Å²) >= 11 is 1.20. The number of nitrogens with one attached hydrogen (secondary N) is 2. The summed E-state index contributed by atoms with van der Waals surface area (Å²) in [7, 11) is 0. The first kappa shape index (κ1) is 14.1. The number of amides is 1. The molecule has 3 rings (SSSR count). The molecule has 0 aliphatic heterocycles. The summed E-state index contributed by atoms with van der Waals surface area (Å²) in [6, 6.07) is 4.74. The van der Waals surface area contributed by atoms with E-state index in [1.54, 1.807) is 19.1 Å². The molecule has 0 aliphatic rings.